The molecule has 0 aliphatic rings. The van der Waals surface area contributed by atoms with Crippen molar-refractivity contribution in [3.05, 3.63) is 68.4 Å². The van der Waals surface area contributed by atoms with Gasteiger partial charge in [0, 0.05) is 19.7 Å². The zero-order valence-corrected chi connectivity index (χ0v) is 23.3. The molecule has 0 bridgehead atoms. The van der Waals surface area contributed by atoms with Crippen molar-refractivity contribution in [1.82, 2.24) is 4.98 Å². The van der Waals surface area contributed by atoms with Crippen LogP contribution < -0.4 is 19.1 Å². The van der Waals surface area contributed by atoms with Crippen LogP contribution in [-0.2, 0) is 14.8 Å². The largest absolute Gasteiger partial charge is 0.492 e. The number of hydrogen-bond acceptors (Lipinski definition) is 7. The van der Waals surface area contributed by atoms with Crippen molar-refractivity contribution in [1.29, 1.82) is 0 Å². The molecule has 2 aromatic carbocycles. The number of nitrogens with one attached hydrogen (secondary N) is 1. The average molecular weight is 609 g/mol. The summed E-state index contributed by atoms with van der Waals surface area (Å²) in [6, 6.07) is 10.8. The van der Waals surface area contributed by atoms with Gasteiger partial charge in [-0.05, 0) is 36.8 Å². The number of sulfonamides is 1. The summed E-state index contributed by atoms with van der Waals surface area (Å²) in [7, 11) is -2.72. The predicted molar refractivity (Wildman–Crippen MR) is 145 cm³/mol. The van der Waals surface area contributed by atoms with Gasteiger partial charge >= 0.3 is 5.97 Å². The van der Waals surface area contributed by atoms with E-state index in [0.717, 1.165) is 9.87 Å². The lowest BCUT2D eigenvalue weighted by atomic mass is 10.2. The van der Waals surface area contributed by atoms with Crippen LogP contribution in [0.5, 0.6) is 11.5 Å². The van der Waals surface area contributed by atoms with Gasteiger partial charge in [-0.3, -0.25) is 4.31 Å². The number of ether oxygens (including phenoxy) is 2. The number of aliphatic carboxylic acids is 1. The highest BCUT2D eigenvalue weighted by Crippen LogP contribution is 2.38. The number of hydrogen-bond donors (Lipinski definition) is 2. The summed E-state index contributed by atoms with van der Waals surface area (Å²) in [5.41, 5.74) is 1.39. The Kier molecular flexibility index (Phi) is 9.60. The number of benzene rings is 2. The predicted octanol–water partition coefficient (Wildman–Crippen LogP) is 5.78. The Morgan fingerprint density at radius 3 is 2.35 bits per heavy atom. The minimum absolute atomic E-state index is 0.00184. The molecule has 0 saturated heterocycles. The first kappa shape index (κ1) is 28.9. The van der Waals surface area contributed by atoms with Gasteiger partial charge in [0.2, 0.25) is 0 Å². The molecule has 3 aromatic rings. The average Bonchev–Trinajstić information content (AvgIpc) is 2.85. The molecule has 198 valence electrons. The number of anilines is 2. The molecule has 2 N–H and O–H groups in total. The molecule has 0 amide bonds. The summed E-state index contributed by atoms with van der Waals surface area (Å²) < 4.78 is 38.8. The topological polar surface area (TPSA) is 118 Å². The zero-order valence-electron chi connectivity index (χ0n) is 19.5. The van der Waals surface area contributed by atoms with E-state index in [1.54, 1.807) is 31.2 Å². The normalized spacial score (nSPS) is 11.2. The van der Waals surface area contributed by atoms with Gasteiger partial charge in [-0.2, -0.15) is 0 Å². The molecule has 0 spiro atoms. The summed E-state index contributed by atoms with van der Waals surface area (Å²) in [4.78, 5) is 14.5. The lowest BCUT2D eigenvalue weighted by Crippen LogP contribution is -2.27. The van der Waals surface area contributed by atoms with Crippen molar-refractivity contribution in [2.75, 3.05) is 36.4 Å². The van der Waals surface area contributed by atoms with Crippen molar-refractivity contribution in [3.8, 4) is 11.5 Å². The van der Waals surface area contributed by atoms with Crippen LogP contribution in [0.3, 0.4) is 0 Å². The second kappa shape index (κ2) is 12.3. The van der Waals surface area contributed by atoms with E-state index in [2.05, 4.69) is 10.3 Å². The van der Waals surface area contributed by atoms with Gasteiger partial charge in [0.05, 0.1) is 11.4 Å². The van der Waals surface area contributed by atoms with E-state index in [4.69, 9.17) is 61.0 Å². The first-order valence-electron chi connectivity index (χ1n) is 10.5. The number of carboxylic acids is 1. The molecule has 0 aliphatic heterocycles. The van der Waals surface area contributed by atoms with Gasteiger partial charge in [0.1, 0.15) is 33.0 Å². The lowest BCUT2D eigenvalue weighted by Gasteiger charge is -2.22. The third-order valence-corrected chi connectivity index (χ3v) is 8.21. The third-order valence-electron chi connectivity index (χ3n) is 4.91. The number of rotatable bonds is 11. The highest BCUT2D eigenvalue weighted by molar-refractivity contribution is 7.92. The highest BCUT2D eigenvalue weighted by Gasteiger charge is 2.26. The summed E-state index contributed by atoms with van der Waals surface area (Å²) in [6.45, 7) is 1.54. The molecule has 37 heavy (non-hydrogen) atoms. The van der Waals surface area contributed by atoms with Gasteiger partial charge in [0.25, 0.3) is 10.0 Å². The number of carbonyl (C=O) groups is 1. The maximum atomic E-state index is 13.4. The van der Waals surface area contributed by atoms with Crippen molar-refractivity contribution in [2.24, 2.45) is 0 Å². The van der Waals surface area contributed by atoms with E-state index in [9.17, 15) is 13.2 Å². The van der Waals surface area contributed by atoms with E-state index in [1.807, 2.05) is 0 Å². The molecule has 0 saturated carbocycles. The fourth-order valence-electron chi connectivity index (χ4n) is 3.19. The van der Waals surface area contributed by atoms with Crippen LogP contribution in [0.15, 0.2) is 47.4 Å². The van der Waals surface area contributed by atoms with Gasteiger partial charge in [-0.1, -0.05) is 58.5 Å². The van der Waals surface area contributed by atoms with Gasteiger partial charge in [0.15, 0.2) is 16.9 Å². The fourth-order valence-corrected chi connectivity index (χ4v) is 5.36. The number of aryl methyl sites for hydroxylation is 1. The van der Waals surface area contributed by atoms with Crippen LogP contribution in [0.25, 0.3) is 0 Å². The van der Waals surface area contributed by atoms with Crippen LogP contribution >= 0.6 is 46.4 Å². The maximum absolute atomic E-state index is 13.4. The lowest BCUT2D eigenvalue weighted by molar-refractivity contribution is -0.139. The quantitative estimate of drug-likeness (QED) is 0.208. The summed E-state index contributed by atoms with van der Waals surface area (Å²) in [6.07, 6.45) is 0. The van der Waals surface area contributed by atoms with E-state index >= 15 is 0 Å². The Morgan fingerprint density at radius 1 is 1.05 bits per heavy atom. The summed E-state index contributed by atoms with van der Waals surface area (Å²) in [5.74, 6) is -0.881. The van der Waals surface area contributed by atoms with Gasteiger partial charge in [-0.25, -0.2) is 18.2 Å². The number of halogens is 4. The van der Waals surface area contributed by atoms with Crippen LogP contribution in [0.4, 0.5) is 11.4 Å². The van der Waals surface area contributed by atoms with Crippen LogP contribution in [-0.4, -0.2) is 51.3 Å². The van der Waals surface area contributed by atoms with E-state index in [1.165, 1.54) is 25.2 Å². The Labute approximate surface area is 233 Å². The number of carboxylic acid groups (broad SMARTS) is 1. The molecule has 0 unspecified atom stereocenters. The molecule has 0 fully saturated rings. The Bertz CT molecular complexity index is 1400. The molecule has 14 heteroatoms. The SMILES string of the molecule is Cc1cc(OCCNc2c(Cl)c(Cl)nc(Cl)c2Cl)cc(N(C)S(=O)(=O)c2ccccc2OCC(=O)O)c1. The molecule has 1 aromatic heterocycles. The van der Waals surface area contributed by atoms with Crippen molar-refractivity contribution in [2.45, 2.75) is 11.8 Å². The molecule has 0 atom stereocenters. The van der Waals surface area contributed by atoms with Crippen molar-refractivity contribution >= 4 is 73.8 Å². The van der Waals surface area contributed by atoms with Crippen molar-refractivity contribution < 1.29 is 27.8 Å². The minimum Gasteiger partial charge on any atom is -0.492 e. The smallest absolute Gasteiger partial charge is 0.341 e. The molecule has 3 rings (SSSR count). The minimum atomic E-state index is -4.10. The first-order valence-corrected chi connectivity index (χ1v) is 13.5. The molecule has 0 aliphatic carbocycles. The Balaban J connectivity index is 1.75. The van der Waals surface area contributed by atoms with Crippen LogP contribution in [0, 0.1) is 6.92 Å². The van der Waals surface area contributed by atoms with Crippen LogP contribution in [0.2, 0.25) is 20.4 Å². The number of para-hydroxylation sites is 1. The highest BCUT2D eigenvalue weighted by atomic mass is 35.5. The summed E-state index contributed by atoms with van der Waals surface area (Å²) in [5, 5.41) is 12.1. The van der Waals surface area contributed by atoms with Crippen molar-refractivity contribution in [3.63, 3.8) is 0 Å². The second-order valence-corrected chi connectivity index (χ2v) is 11.0. The third kappa shape index (κ3) is 7.03. The van der Waals surface area contributed by atoms with Gasteiger partial charge in [-0.15, -0.1) is 0 Å². The molecule has 1 heterocycles. The van der Waals surface area contributed by atoms with E-state index in [-0.39, 0.29) is 44.1 Å². The molecule has 0 radical (unpaired) electrons. The zero-order chi connectivity index (χ0) is 27.3. The number of pyridine rings is 1. The summed E-state index contributed by atoms with van der Waals surface area (Å²) >= 11 is 24.2. The first-order chi connectivity index (χ1) is 17.4. The van der Waals surface area contributed by atoms with Gasteiger partial charge < -0.3 is 19.9 Å². The van der Waals surface area contributed by atoms with E-state index in [0.29, 0.717) is 17.1 Å². The Morgan fingerprint density at radius 2 is 1.70 bits per heavy atom. The monoisotopic (exact) mass is 607 g/mol. The molecular weight excluding hydrogens is 588 g/mol. The second-order valence-electron chi connectivity index (χ2n) is 7.58. The standard InChI is InChI=1S/C23H21Cl4N3O6S/c1-13-9-14(30(2)37(33,34)17-6-4-3-5-16(17)36-12-18(31)32)11-15(10-13)35-8-7-28-21-19(24)22(26)29-23(27)20(21)25/h3-6,9-11H,7-8,12H2,1-2H3,(H,28,29)(H,31,32). The number of nitrogens with zero attached hydrogens (tertiary/aromatic N) is 2. The maximum Gasteiger partial charge on any atom is 0.341 e. The molecular formula is C23H21Cl4N3O6S. The molecule has 9 nitrogen and oxygen atoms in total. The Hall–Kier alpha value is -2.63. The fraction of sp³-hybridized carbons (Fsp3) is 0.217. The van der Waals surface area contributed by atoms with Crippen LogP contribution in [0.1, 0.15) is 5.56 Å². The number of aromatic nitrogens is 1. The van der Waals surface area contributed by atoms with E-state index < -0.39 is 22.6 Å².